The van der Waals surface area contributed by atoms with Crippen LogP contribution in [0.25, 0.3) is 10.1 Å². The predicted molar refractivity (Wildman–Crippen MR) is 86.4 cm³/mol. The van der Waals surface area contributed by atoms with Crippen LogP contribution in [0.15, 0.2) is 18.2 Å². The van der Waals surface area contributed by atoms with Crippen LogP contribution in [0.1, 0.15) is 16.1 Å². The highest BCUT2D eigenvalue weighted by atomic mass is 35.5. The number of nitrogens with one attached hydrogen (secondary N) is 1. The topological polar surface area (TPSA) is 63.2 Å². The smallest absolute Gasteiger partial charge is 0.263 e. The summed E-state index contributed by atoms with van der Waals surface area (Å²) in [5.41, 5.74) is 0. The van der Waals surface area contributed by atoms with Gasteiger partial charge in [-0.05, 0) is 18.6 Å². The first-order valence-electron chi connectivity index (χ1n) is 6.25. The molecule has 0 spiro atoms. The molecule has 1 amide bonds. The minimum Gasteiger partial charge on any atom is -0.348 e. The Balaban J connectivity index is 1.89. The van der Waals surface area contributed by atoms with E-state index in [1.54, 1.807) is 12.1 Å². The van der Waals surface area contributed by atoms with Crippen LogP contribution in [0.5, 0.6) is 0 Å². The molecule has 21 heavy (non-hydrogen) atoms. The lowest BCUT2D eigenvalue weighted by Gasteiger charge is -2.09. The van der Waals surface area contributed by atoms with Gasteiger partial charge in [-0.3, -0.25) is 4.79 Å². The molecule has 1 atom stereocenters. The van der Waals surface area contributed by atoms with Crippen LogP contribution >= 0.6 is 34.5 Å². The van der Waals surface area contributed by atoms with E-state index < -0.39 is 9.84 Å². The van der Waals surface area contributed by atoms with Gasteiger partial charge in [-0.25, -0.2) is 8.42 Å². The van der Waals surface area contributed by atoms with E-state index in [0.29, 0.717) is 26.7 Å². The number of carbonyl (C=O) groups is 1. The molecule has 8 heteroatoms. The molecule has 1 N–H and O–H groups in total. The molecule has 1 fully saturated rings. The Morgan fingerprint density at radius 2 is 2.10 bits per heavy atom. The van der Waals surface area contributed by atoms with Crippen molar-refractivity contribution in [3.8, 4) is 0 Å². The quantitative estimate of drug-likeness (QED) is 0.891. The van der Waals surface area contributed by atoms with Crippen LogP contribution in [-0.2, 0) is 9.84 Å². The number of hydrogen-bond acceptors (Lipinski definition) is 4. The Kier molecular flexibility index (Phi) is 3.90. The maximum atomic E-state index is 12.3. The van der Waals surface area contributed by atoms with E-state index in [4.69, 9.17) is 23.2 Å². The molecule has 1 aromatic carbocycles. The molecule has 1 unspecified atom stereocenters. The van der Waals surface area contributed by atoms with Gasteiger partial charge in [0.05, 0.1) is 21.6 Å². The fourth-order valence-corrected chi connectivity index (χ4v) is 5.91. The fourth-order valence-electron chi connectivity index (χ4n) is 2.38. The summed E-state index contributed by atoms with van der Waals surface area (Å²) >= 11 is 13.6. The summed E-state index contributed by atoms with van der Waals surface area (Å²) < 4.78 is 23.7. The first kappa shape index (κ1) is 15.1. The van der Waals surface area contributed by atoms with Gasteiger partial charge in [0.25, 0.3) is 5.91 Å². The van der Waals surface area contributed by atoms with Crippen molar-refractivity contribution < 1.29 is 13.2 Å². The largest absolute Gasteiger partial charge is 0.348 e. The zero-order chi connectivity index (χ0) is 15.2. The summed E-state index contributed by atoms with van der Waals surface area (Å²) in [7, 11) is -3.03. The average molecular weight is 364 g/mol. The molecular formula is C13H11Cl2NO3S2. The van der Waals surface area contributed by atoms with Crippen molar-refractivity contribution in [1.82, 2.24) is 5.32 Å². The predicted octanol–water partition coefficient (Wildman–Crippen LogP) is 3.13. The molecule has 0 radical (unpaired) electrons. The average Bonchev–Trinajstić information content (AvgIpc) is 2.91. The van der Waals surface area contributed by atoms with E-state index in [-0.39, 0.29) is 23.5 Å². The maximum Gasteiger partial charge on any atom is 0.263 e. The zero-order valence-electron chi connectivity index (χ0n) is 10.7. The molecular weight excluding hydrogens is 353 g/mol. The van der Waals surface area contributed by atoms with Gasteiger partial charge in [-0.15, -0.1) is 11.3 Å². The highest BCUT2D eigenvalue weighted by Crippen LogP contribution is 2.39. The van der Waals surface area contributed by atoms with Crippen LogP contribution in [0.3, 0.4) is 0 Å². The van der Waals surface area contributed by atoms with Gasteiger partial charge in [0.15, 0.2) is 9.84 Å². The van der Waals surface area contributed by atoms with E-state index >= 15 is 0 Å². The molecule has 112 valence electrons. The number of thiophene rings is 1. The zero-order valence-corrected chi connectivity index (χ0v) is 13.9. The Hall–Kier alpha value is -0.820. The van der Waals surface area contributed by atoms with Crippen molar-refractivity contribution in [1.29, 1.82) is 0 Å². The highest BCUT2D eigenvalue weighted by molar-refractivity contribution is 7.91. The third kappa shape index (κ3) is 2.90. The van der Waals surface area contributed by atoms with E-state index in [1.807, 2.05) is 6.07 Å². The fraction of sp³-hybridized carbons (Fsp3) is 0.308. The van der Waals surface area contributed by atoms with Gasteiger partial charge in [-0.2, -0.15) is 0 Å². The lowest BCUT2D eigenvalue weighted by atomic mass is 10.2. The van der Waals surface area contributed by atoms with E-state index in [9.17, 15) is 13.2 Å². The molecule has 2 heterocycles. The monoisotopic (exact) mass is 363 g/mol. The van der Waals surface area contributed by atoms with Crippen molar-refractivity contribution in [2.24, 2.45) is 0 Å². The second-order valence-corrected chi connectivity index (χ2v) is 9.00. The number of fused-ring (bicyclic) bond motifs is 1. The molecule has 3 rings (SSSR count). The van der Waals surface area contributed by atoms with Crippen LogP contribution in [0, 0.1) is 0 Å². The Morgan fingerprint density at radius 1 is 1.33 bits per heavy atom. The van der Waals surface area contributed by atoms with Crippen LogP contribution < -0.4 is 5.32 Å². The molecule has 0 aliphatic carbocycles. The van der Waals surface area contributed by atoms with Gasteiger partial charge in [0, 0.05) is 16.1 Å². The minimum atomic E-state index is -3.03. The Bertz CT molecular complexity index is 829. The first-order chi connectivity index (χ1) is 9.87. The molecule has 1 aliphatic rings. The minimum absolute atomic E-state index is 0.0119. The number of sulfone groups is 1. The summed E-state index contributed by atoms with van der Waals surface area (Å²) in [6.07, 6.45) is 0.442. The SMILES string of the molecule is O=C(NC1CCS(=O)(=O)C1)c1sc2cccc(Cl)c2c1Cl. The summed E-state index contributed by atoms with van der Waals surface area (Å²) in [4.78, 5) is 12.7. The maximum absolute atomic E-state index is 12.3. The molecule has 4 nitrogen and oxygen atoms in total. The third-order valence-corrected chi connectivity index (χ3v) is 7.11. The molecule has 0 bridgehead atoms. The lowest BCUT2D eigenvalue weighted by molar-refractivity contribution is 0.0945. The van der Waals surface area contributed by atoms with Gasteiger partial charge in [0.1, 0.15) is 4.88 Å². The number of amides is 1. The number of benzene rings is 1. The second kappa shape index (κ2) is 5.43. The van der Waals surface area contributed by atoms with Crippen molar-refractivity contribution >= 4 is 60.4 Å². The number of halogens is 2. The van der Waals surface area contributed by atoms with Crippen molar-refractivity contribution in [2.75, 3.05) is 11.5 Å². The Labute approximate surface area is 136 Å². The van der Waals surface area contributed by atoms with E-state index in [2.05, 4.69) is 5.32 Å². The summed E-state index contributed by atoms with van der Waals surface area (Å²) in [6, 6.07) is 5.00. The summed E-state index contributed by atoms with van der Waals surface area (Å²) in [6.45, 7) is 0. The molecule has 1 aliphatic heterocycles. The Morgan fingerprint density at radius 3 is 2.71 bits per heavy atom. The van der Waals surface area contributed by atoms with E-state index in [0.717, 1.165) is 4.70 Å². The van der Waals surface area contributed by atoms with E-state index in [1.165, 1.54) is 11.3 Å². The van der Waals surface area contributed by atoms with Crippen LogP contribution in [-0.4, -0.2) is 31.9 Å². The van der Waals surface area contributed by atoms with Crippen molar-refractivity contribution in [3.63, 3.8) is 0 Å². The summed E-state index contributed by atoms with van der Waals surface area (Å²) in [5.74, 6) is -0.245. The first-order valence-corrected chi connectivity index (χ1v) is 9.64. The molecule has 1 aromatic heterocycles. The molecule has 2 aromatic rings. The van der Waals surface area contributed by atoms with Gasteiger partial charge < -0.3 is 5.32 Å². The molecule has 0 saturated carbocycles. The molecule has 1 saturated heterocycles. The van der Waals surface area contributed by atoms with Crippen LogP contribution in [0.4, 0.5) is 0 Å². The summed E-state index contributed by atoms with van der Waals surface area (Å²) in [5, 5.41) is 4.21. The third-order valence-electron chi connectivity index (χ3n) is 3.38. The van der Waals surface area contributed by atoms with Crippen molar-refractivity contribution in [3.05, 3.63) is 33.1 Å². The highest BCUT2D eigenvalue weighted by Gasteiger charge is 2.30. The van der Waals surface area contributed by atoms with Gasteiger partial charge >= 0.3 is 0 Å². The number of carbonyl (C=O) groups excluding carboxylic acids is 1. The number of rotatable bonds is 2. The van der Waals surface area contributed by atoms with Gasteiger partial charge in [-0.1, -0.05) is 29.3 Å². The normalized spacial score (nSPS) is 20.8. The van der Waals surface area contributed by atoms with Crippen LogP contribution in [0.2, 0.25) is 10.0 Å². The van der Waals surface area contributed by atoms with Crippen molar-refractivity contribution in [2.45, 2.75) is 12.5 Å². The number of hydrogen-bond donors (Lipinski definition) is 1. The lowest BCUT2D eigenvalue weighted by Crippen LogP contribution is -2.35. The second-order valence-electron chi connectivity index (χ2n) is 4.93. The standard InChI is InChI=1S/C13H11Cl2NO3S2/c14-8-2-1-3-9-10(8)11(15)12(20-9)13(17)16-7-4-5-21(18,19)6-7/h1-3,7H,4-6H2,(H,16,17). The van der Waals surface area contributed by atoms with Gasteiger partial charge in [0.2, 0.25) is 0 Å².